The molecule has 0 aromatic heterocycles. The van der Waals surface area contributed by atoms with Crippen LogP contribution in [0.2, 0.25) is 0 Å². The molecule has 15 heavy (non-hydrogen) atoms. The van der Waals surface area contributed by atoms with Crippen molar-refractivity contribution < 1.29 is 8.95 Å². The quantitative estimate of drug-likeness (QED) is 0.584. The van der Waals surface area contributed by atoms with Crippen molar-refractivity contribution in [2.45, 2.75) is 39.2 Å². The number of methoxy groups -OCH3 is 1. The fourth-order valence-corrected chi connectivity index (χ4v) is 2.53. The molecule has 0 aliphatic rings. The second kappa shape index (κ2) is 10.6. The number of hydrogen-bond acceptors (Lipinski definition) is 3. The summed E-state index contributed by atoms with van der Waals surface area (Å²) in [6, 6.07) is 0.586. The van der Waals surface area contributed by atoms with E-state index in [2.05, 4.69) is 19.2 Å². The van der Waals surface area contributed by atoms with Crippen LogP contribution in [0.25, 0.3) is 0 Å². The number of rotatable bonds is 10. The summed E-state index contributed by atoms with van der Waals surface area (Å²) in [5, 5.41) is 3.37. The monoisotopic (exact) mass is 235 g/mol. The van der Waals surface area contributed by atoms with Crippen LogP contribution < -0.4 is 5.32 Å². The smallest absolute Gasteiger partial charge is 0.0577 e. The van der Waals surface area contributed by atoms with Gasteiger partial charge in [0.05, 0.1) is 6.61 Å². The summed E-state index contributed by atoms with van der Waals surface area (Å²) in [6.07, 6.45) is 3.40. The molecule has 0 amide bonds. The minimum atomic E-state index is -0.684. The van der Waals surface area contributed by atoms with Crippen molar-refractivity contribution >= 4 is 10.8 Å². The van der Waals surface area contributed by atoms with Crippen LogP contribution in [0.5, 0.6) is 0 Å². The van der Waals surface area contributed by atoms with Crippen molar-refractivity contribution in [3.05, 3.63) is 0 Å². The summed E-state index contributed by atoms with van der Waals surface area (Å²) < 4.78 is 16.3. The van der Waals surface area contributed by atoms with E-state index >= 15 is 0 Å². The molecule has 2 unspecified atom stereocenters. The Bertz CT molecular complexity index is 165. The van der Waals surface area contributed by atoms with Gasteiger partial charge >= 0.3 is 0 Å². The molecule has 0 saturated carbocycles. The average molecular weight is 235 g/mol. The van der Waals surface area contributed by atoms with E-state index in [-0.39, 0.29) is 0 Å². The zero-order valence-corrected chi connectivity index (χ0v) is 11.1. The molecule has 4 heteroatoms. The molecule has 1 N–H and O–H groups in total. The first kappa shape index (κ1) is 15.1. The van der Waals surface area contributed by atoms with Gasteiger partial charge in [-0.3, -0.25) is 4.21 Å². The Labute approximate surface area is 96.4 Å². The first-order chi connectivity index (χ1) is 7.20. The molecule has 0 aliphatic heterocycles. The largest absolute Gasteiger partial charge is 0.384 e. The average Bonchev–Trinajstić information content (AvgIpc) is 2.22. The number of nitrogens with one attached hydrogen (secondary N) is 1. The fraction of sp³-hybridized carbons (Fsp3) is 1.00. The van der Waals surface area contributed by atoms with E-state index in [4.69, 9.17) is 4.74 Å². The highest BCUT2D eigenvalue weighted by Gasteiger charge is 2.02. The molecule has 0 heterocycles. The lowest BCUT2D eigenvalue weighted by Crippen LogP contribution is -2.25. The molecule has 0 aromatic rings. The summed E-state index contributed by atoms with van der Waals surface area (Å²) in [6.45, 7) is 5.96. The number of unbranched alkanes of at least 4 members (excludes halogenated alkanes) is 1. The van der Waals surface area contributed by atoms with E-state index in [9.17, 15) is 4.21 Å². The van der Waals surface area contributed by atoms with Gasteiger partial charge in [-0.05, 0) is 26.3 Å². The van der Waals surface area contributed by atoms with E-state index in [0.29, 0.717) is 18.4 Å². The van der Waals surface area contributed by atoms with Crippen LogP contribution in [0.15, 0.2) is 0 Å². The zero-order valence-electron chi connectivity index (χ0n) is 10.3. The number of hydrogen-bond donors (Lipinski definition) is 1. The van der Waals surface area contributed by atoms with Gasteiger partial charge in [0.1, 0.15) is 0 Å². The van der Waals surface area contributed by atoms with Gasteiger partial charge in [0.2, 0.25) is 0 Å². The van der Waals surface area contributed by atoms with E-state index in [0.717, 1.165) is 25.1 Å². The van der Waals surface area contributed by atoms with E-state index in [1.807, 2.05) is 0 Å². The first-order valence-electron chi connectivity index (χ1n) is 5.78. The Balaban J connectivity index is 3.26. The van der Waals surface area contributed by atoms with Gasteiger partial charge in [-0.15, -0.1) is 0 Å². The standard InChI is InChI=1S/C11H25NO2S/c1-4-12-11(2)7-5-6-9-15(13)10-8-14-3/h11-12H,4-10H2,1-3H3. The van der Waals surface area contributed by atoms with Crippen LogP contribution in [-0.4, -0.2) is 42.0 Å². The third-order valence-electron chi connectivity index (χ3n) is 2.33. The van der Waals surface area contributed by atoms with Crippen molar-refractivity contribution in [3.8, 4) is 0 Å². The summed E-state index contributed by atoms with van der Waals surface area (Å²) in [4.78, 5) is 0. The van der Waals surface area contributed by atoms with Crippen molar-refractivity contribution in [3.63, 3.8) is 0 Å². The van der Waals surface area contributed by atoms with Crippen LogP contribution in [0.1, 0.15) is 33.1 Å². The van der Waals surface area contributed by atoms with E-state index in [1.165, 1.54) is 6.42 Å². The maximum absolute atomic E-state index is 11.4. The lowest BCUT2D eigenvalue weighted by molar-refractivity contribution is 0.218. The Morgan fingerprint density at radius 1 is 1.33 bits per heavy atom. The molecule has 92 valence electrons. The van der Waals surface area contributed by atoms with Crippen LogP contribution >= 0.6 is 0 Å². The van der Waals surface area contributed by atoms with Crippen molar-refractivity contribution in [1.82, 2.24) is 5.32 Å². The van der Waals surface area contributed by atoms with Gasteiger partial charge in [0.25, 0.3) is 0 Å². The maximum atomic E-state index is 11.4. The van der Waals surface area contributed by atoms with Gasteiger partial charge in [0, 0.05) is 35.5 Å². The number of ether oxygens (including phenoxy) is 1. The predicted molar refractivity (Wildman–Crippen MR) is 66.7 cm³/mol. The zero-order chi connectivity index (χ0) is 11.5. The third-order valence-corrected chi connectivity index (χ3v) is 3.69. The van der Waals surface area contributed by atoms with E-state index in [1.54, 1.807) is 7.11 Å². The second-order valence-electron chi connectivity index (χ2n) is 3.80. The topological polar surface area (TPSA) is 38.3 Å². The minimum absolute atomic E-state index is 0.586. The normalized spacial score (nSPS) is 15.1. The maximum Gasteiger partial charge on any atom is 0.0577 e. The molecular weight excluding hydrogens is 210 g/mol. The van der Waals surface area contributed by atoms with Gasteiger partial charge in [-0.25, -0.2) is 0 Å². The molecule has 0 fully saturated rings. The summed E-state index contributed by atoms with van der Waals surface area (Å²) in [5.74, 6) is 1.50. The predicted octanol–water partition coefficient (Wildman–Crippen LogP) is 1.55. The van der Waals surface area contributed by atoms with Gasteiger partial charge in [-0.2, -0.15) is 0 Å². The van der Waals surface area contributed by atoms with Crippen molar-refractivity contribution in [2.75, 3.05) is 31.8 Å². The lowest BCUT2D eigenvalue weighted by Gasteiger charge is -2.11. The molecule has 0 rings (SSSR count). The fourth-order valence-electron chi connectivity index (χ4n) is 1.44. The molecule has 0 spiro atoms. The molecule has 0 saturated heterocycles. The highest BCUT2D eigenvalue weighted by Crippen LogP contribution is 2.01. The summed E-state index contributed by atoms with van der Waals surface area (Å²) in [5.41, 5.74) is 0. The Kier molecular flexibility index (Phi) is 10.6. The van der Waals surface area contributed by atoms with Crippen LogP contribution in [0.3, 0.4) is 0 Å². The minimum Gasteiger partial charge on any atom is -0.384 e. The second-order valence-corrected chi connectivity index (χ2v) is 5.49. The molecular formula is C11H25NO2S. The Hall–Kier alpha value is 0.0700. The Morgan fingerprint density at radius 2 is 2.07 bits per heavy atom. The van der Waals surface area contributed by atoms with Gasteiger partial charge in [-0.1, -0.05) is 13.3 Å². The molecule has 3 nitrogen and oxygen atoms in total. The van der Waals surface area contributed by atoms with Crippen molar-refractivity contribution in [2.24, 2.45) is 0 Å². The molecule has 0 bridgehead atoms. The first-order valence-corrected chi connectivity index (χ1v) is 7.26. The van der Waals surface area contributed by atoms with Crippen LogP contribution in [0.4, 0.5) is 0 Å². The Morgan fingerprint density at radius 3 is 2.67 bits per heavy atom. The van der Waals surface area contributed by atoms with Crippen LogP contribution in [0, 0.1) is 0 Å². The lowest BCUT2D eigenvalue weighted by atomic mass is 10.1. The highest BCUT2D eigenvalue weighted by atomic mass is 32.2. The SMILES string of the molecule is CCNC(C)CCCCS(=O)CCOC. The third kappa shape index (κ3) is 10.4. The van der Waals surface area contributed by atoms with Crippen molar-refractivity contribution in [1.29, 1.82) is 0 Å². The van der Waals surface area contributed by atoms with Gasteiger partial charge < -0.3 is 10.1 Å². The summed E-state index contributed by atoms with van der Waals surface area (Å²) in [7, 11) is 0.964. The van der Waals surface area contributed by atoms with Gasteiger partial charge in [0.15, 0.2) is 0 Å². The molecule has 0 aromatic carbocycles. The van der Waals surface area contributed by atoms with E-state index < -0.39 is 10.8 Å². The summed E-state index contributed by atoms with van der Waals surface area (Å²) >= 11 is 0. The molecule has 0 radical (unpaired) electrons. The molecule has 2 atom stereocenters. The van der Waals surface area contributed by atoms with Crippen LogP contribution in [-0.2, 0) is 15.5 Å². The highest BCUT2D eigenvalue weighted by molar-refractivity contribution is 7.84. The molecule has 0 aliphatic carbocycles.